The first-order chi connectivity index (χ1) is 12.2. The van der Waals surface area contributed by atoms with Crippen LogP contribution in [0.1, 0.15) is 25.3 Å². The highest BCUT2D eigenvalue weighted by atomic mass is 16.5. The molecule has 3 N–H and O–H groups in total. The lowest BCUT2D eigenvalue weighted by atomic mass is 10.1. The number of hydrogen-bond donors (Lipinski definition) is 2. The van der Waals surface area contributed by atoms with Gasteiger partial charge >= 0.3 is 0 Å². The molecule has 0 unspecified atom stereocenters. The van der Waals surface area contributed by atoms with E-state index in [1.165, 1.54) is 5.56 Å². The first-order valence-electron chi connectivity index (χ1n) is 9.01. The van der Waals surface area contributed by atoms with Crippen LogP contribution in [0.4, 0.5) is 0 Å². The summed E-state index contributed by atoms with van der Waals surface area (Å²) in [6.45, 7) is 8.10. The van der Waals surface area contributed by atoms with Crippen molar-refractivity contribution in [3.8, 4) is 11.5 Å². The molecular weight excluding hydrogens is 316 g/mol. The molecule has 2 rings (SSSR count). The van der Waals surface area contributed by atoms with Crippen molar-refractivity contribution < 1.29 is 9.47 Å². The van der Waals surface area contributed by atoms with Crippen molar-refractivity contribution in [1.82, 2.24) is 15.2 Å². The van der Waals surface area contributed by atoms with Crippen LogP contribution in [-0.2, 0) is 6.54 Å². The lowest BCUT2D eigenvalue weighted by Gasteiger charge is -2.35. The molecule has 25 heavy (non-hydrogen) atoms. The molecule has 1 aromatic rings. The number of rotatable bonds is 9. The van der Waals surface area contributed by atoms with Gasteiger partial charge in [0.25, 0.3) is 0 Å². The maximum absolute atomic E-state index is 5.64. The minimum absolute atomic E-state index is 0.870. The number of ether oxygens (including phenoxy) is 2. The molecule has 1 aliphatic rings. The van der Waals surface area contributed by atoms with Crippen LogP contribution < -0.4 is 20.7 Å². The van der Waals surface area contributed by atoms with Crippen molar-refractivity contribution in [3.63, 3.8) is 0 Å². The van der Waals surface area contributed by atoms with Crippen molar-refractivity contribution in [2.75, 3.05) is 46.9 Å². The van der Waals surface area contributed by atoms with E-state index in [1.807, 2.05) is 12.1 Å². The Hall–Kier alpha value is -1.76. The van der Waals surface area contributed by atoms with Crippen molar-refractivity contribution in [3.05, 3.63) is 35.5 Å². The second kappa shape index (κ2) is 10.3. The SMILES string of the molecule is CCC/C=C(\CN1CCN(Cc2cc(OC)ccc2OC)CC1)NN. The molecule has 6 heteroatoms. The highest BCUT2D eigenvalue weighted by Crippen LogP contribution is 2.25. The summed E-state index contributed by atoms with van der Waals surface area (Å²) < 4.78 is 10.8. The van der Waals surface area contributed by atoms with Crippen molar-refractivity contribution in [2.24, 2.45) is 5.84 Å². The van der Waals surface area contributed by atoms with Gasteiger partial charge in [-0.1, -0.05) is 19.4 Å². The van der Waals surface area contributed by atoms with Gasteiger partial charge in [0.05, 0.1) is 14.2 Å². The molecule has 0 amide bonds. The maximum atomic E-state index is 5.64. The Balaban J connectivity index is 1.88. The van der Waals surface area contributed by atoms with Crippen molar-refractivity contribution in [1.29, 1.82) is 0 Å². The summed E-state index contributed by atoms with van der Waals surface area (Å²) in [5.41, 5.74) is 5.12. The third-order valence-electron chi connectivity index (χ3n) is 4.61. The number of nitrogens with zero attached hydrogens (tertiary/aromatic N) is 2. The predicted molar refractivity (Wildman–Crippen MR) is 102 cm³/mol. The van der Waals surface area contributed by atoms with Gasteiger partial charge in [-0.15, -0.1) is 0 Å². The fourth-order valence-corrected chi connectivity index (χ4v) is 3.08. The monoisotopic (exact) mass is 348 g/mol. The molecule has 0 spiro atoms. The smallest absolute Gasteiger partial charge is 0.123 e. The van der Waals surface area contributed by atoms with E-state index in [2.05, 4.69) is 34.3 Å². The minimum Gasteiger partial charge on any atom is -0.497 e. The van der Waals surface area contributed by atoms with E-state index >= 15 is 0 Å². The number of hydrazine groups is 1. The number of piperazine rings is 1. The molecule has 140 valence electrons. The lowest BCUT2D eigenvalue weighted by molar-refractivity contribution is 0.132. The first-order valence-corrected chi connectivity index (χ1v) is 9.01. The van der Waals surface area contributed by atoms with E-state index in [-0.39, 0.29) is 0 Å². The zero-order valence-electron chi connectivity index (χ0n) is 15.8. The Kier molecular flexibility index (Phi) is 8.04. The quantitative estimate of drug-likeness (QED) is 0.525. The summed E-state index contributed by atoms with van der Waals surface area (Å²) in [5.74, 6) is 7.42. The van der Waals surface area contributed by atoms with Gasteiger partial charge in [0, 0.05) is 50.5 Å². The molecule has 0 aliphatic carbocycles. The number of unbranched alkanes of at least 4 members (excludes halogenated alkanes) is 1. The summed E-state index contributed by atoms with van der Waals surface area (Å²) >= 11 is 0. The predicted octanol–water partition coefficient (Wildman–Crippen LogP) is 1.97. The number of nitrogens with two attached hydrogens (primary N) is 1. The number of hydrogen-bond acceptors (Lipinski definition) is 6. The third kappa shape index (κ3) is 5.92. The van der Waals surface area contributed by atoms with Crippen LogP contribution in [0.15, 0.2) is 30.0 Å². The zero-order chi connectivity index (χ0) is 18.1. The van der Waals surface area contributed by atoms with Crippen molar-refractivity contribution >= 4 is 0 Å². The van der Waals surface area contributed by atoms with Gasteiger partial charge in [-0.3, -0.25) is 15.6 Å². The zero-order valence-corrected chi connectivity index (χ0v) is 15.8. The van der Waals surface area contributed by atoms with Crippen LogP contribution >= 0.6 is 0 Å². The van der Waals surface area contributed by atoms with Gasteiger partial charge in [-0.25, -0.2) is 0 Å². The maximum Gasteiger partial charge on any atom is 0.123 e. The molecule has 0 radical (unpaired) electrons. The Labute approximate surface area is 151 Å². The molecule has 6 nitrogen and oxygen atoms in total. The Morgan fingerprint density at radius 1 is 1.16 bits per heavy atom. The molecule has 1 fully saturated rings. The van der Waals surface area contributed by atoms with E-state index < -0.39 is 0 Å². The highest BCUT2D eigenvalue weighted by Gasteiger charge is 2.19. The van der Waals surface area contributed by atoms with Gasteiger partial charge in [-0.05, 0) is 24.6 Å². The number of benzene rings is 1. The van der Waals surface area contributed by atoms with Gasteiger partial charge in [0.15, 0.2) is 0 Å². The fourth-order valence-electron chi connectivity index (χ4n) is 3.08. The van der Waals surface area contributed by atoms with E-state index in [4.69, 9.17) is 15.3 Å². The number of nitrogens with one attached hydrogen (secondary N) is 1. The van der Waals surface area contributed by atoms with E-state index in [0.29, 0.717) is 0 Å². The van der Waals surface area contributed by atoms with Crippen LogP contribution in [0.3, 0.4) is 0 Å². The average Bonchev–Trinajstić information content (AvgIpc) is 2.66. The molecule has 1 heterocycles. The van der Waals surface area contributed by atoms with Crippen molar-refractivity contribution in [2.45, 2.75) is 26.3 Å². The standard InChI is InChI=1S/C19H32N4O2/c1-4-5-6-17(21-20)15-23-11-9-22(10-12-23)14-16-13-18(24-2)7-8-19(16)25-3/h6-8,13,21H,4-5,9-12,14-15,20H2,1-3H3/b17-6+. The first kappa shape index (κ1) is 19.6. The molecule has 0 bridgehead atoms. The molecular formula is C19H32N4O2. The van der Waals surface area contributed by atoms with E-state index in [1.54, 1.807) is 14.2 Å². The number of methoxy groups -OCH3 is 2. The summed E-state index contributed by atoms with van der Waals surface area (Å²) in [6, 6.07) is 5.97. The Bertz CT molecular complexity index is 554. The second-order valence-corrected chi connectivity index (χ2v) is 6.39. The molecule has 0 saturated carbocycles. The third-order valence-corrected chi connectivity index (χ3v) is 4.61. The molecule has 1 aromatic carbocycles. The van der Waals surface area contributed by atoms with Crippen LogP contribution in [0, 0.1) is 0 Å². The largest absolute Gasteiger partial charge is 0.497 e. The molecule has 1 saturated heterocycles. The van der Waals surface area contributed by atoms with Gasteiger partial charge in [0.2, 0.25) is 0 Å². The van der Waals surface area contributed by atoms with E-state index in [0.717, 1.165) is 69.3 Å². The van der Waals surface area contributed by atoms with Gasteiger partial charge in [0.1, 0.15) is 11.5 Å². The average molecular weight is 348 g/mol. The highest BCUT2D eigenvalue weighted by molar-refractivity contribution is 5.40. The molecule has 0 atom stereocenters. The van der Waals surface area contributed by atoms with Crippen LogP contribution in [0.2, 0.25) is 0 Å². The Morgan fingerprint density at radius 2 is 1.88 bits per heavy atom. The van der Waals surface area contributed by atoms with Crippen LogP contribution in [0.25, 0.3) is 0 Å². The van der Waals surface area contributed by atoms with Crippen LogP contribution in [-0.4, -0.2) is 56.7 Å². The molecule has 1 aliphatic heterocycles. The normalized spacial score (nSPS) is 16.7. The van der Waals surface area contributed by atoms with Crippen LogP contribution in [0.5, 0.6) is 11.5 Å². The summed E-state index contributed by atoms with van der Waals surface area (Å²) in [6.07, 6.45) is 4.41. The van der Waals surface area contributed by atoms with Gasteiger partial charge < -0.3 is 14.9 Å². The lowest BCUT2D eigenvalue weighted by Crippen LogP contribution is -2.47. The second-order valence-electron chi connectivity index (χ2n) is 6.39. The molecule has 0 aromatic heterocycles. The minimum atomic E-state index is 0.870. The van der Waals surface area contributed by atoms with Gasteiger partial charge in [-0.2, -0.15) is 0 Å². The Morgan fingerprint density at radius 3 is 2.48 bits per heavy atom. The fraction of sp³-hybridized carbons (Fsp3) is 0.579. The number of allylic oxidation sites excluding steroid dienone is 1. The summed E-state index contributed by atoms with van der Waals surface area (Å²) in [4.78, 5) is 4.90. The topological polar surface area (TPSA) is 63.0 Å². The van der Waals surface area contributed by atoms with E-state index in [9.17, 15) is 0 Å². The summed E-state index contributed by atoms with van der Waals surface area (Å²) in [7, 11) is 3.41. The summed E-state index contributed by atoms with van der Waals surface area (Å²) in [5, 5.41) is 0.